The van der Waals surface area contributed by atoms with Crippen molar-refractivity contribution >= 4 is 17.6 Å². The number of hydrogen-bond acceptors (Lipinski definition) is 2. The zero-order valence-corrected chi connectivity index (χ0v) is 15.6. The van der Waals surface area contributed by atoms with Gasteiger partial charge in [0.25, 0.3) is 0 Å². The highest BCUT2D eigenvalue weighted by Gasteiger charge is 2.36. The number of piperidine rings is 1. The lowest BCUT2D eigenvalue weighted by Gasteiger charge is -2.36. The quantitative estimate of drug-likeness (QED) is 0.846. The van der Waals surface area contributed by atoms with Crippen molar-refractivity contribution in [1.82, 2.24) is 9.80 Å². The van der Waals surface area contributed by atoms with E-state index in [2.05, 4.69) is 19.1 Å². The highest BCUT2D eigenvalue weighted by Crippen LogP contribution is 2.34. The van der Waals surface area contributed by atoms with Gasteiger partial charge in [-0.15, -0.1) is 0 Å². The zero-order valence-electron chi connectivity index (χ0n) is 15.6. The molecule has 2 heterocycles. The number of benzene rings is 1. The summed E-state index contributed by atoms with van der Waals surface area (Å²) in [6.45, 7) is 8.95. The number of likely N-dealkylation sites (tertiary alicyclic amines) is 1. The second-order valence-corrected chi connectivity index (χ2v) is 7.11. The number of carbonyl (C=O) groups is 2. The van der Waals surface area contributed by atoms with Crippen molar-refractivity contribution in [3.05, 3.63) is 29.8 Å². The lowest BCUT2D eigenvalue weighted by atomic mass is 9.95. The summed E-state index contributed by atoms with van der Waals surface area (Å²) >= 11 is 0. The Morgan fingerprint density at radius 3 is 2.40 bits per heavy atom. The Kier molecular flexibility index (Phi) is 5.30. The van der Waals surface area contributed by atoms with Gasteiger partial charge in [-0.05, 0) is 51.7 Å². The Labute approximate surface area is 150 Å². The summed E-state index contributed by atoms with van der Waals surface area (Å²) < 4.78 is 0. The Bertz CT molecular complexity index is 634. The van der Waals surface area contributed by atoms with Crippen molar-refractivity contribution in [1.29, 1.82) is 0 Å². The van der Waals surface area contributed by atoms with Crippen LogP contribution < -0.4 is 4.90 Å². The van der Waals surface area contributed by atoms with Gasteiger partial charge in [0.1, 0.15) is 0 Å². The molecule has 0 aromatic heterocycles. The normalized spacial score (nSPS) is 20.5. The Morgan fingerprint density at radius 2 is 1.76 bits per heavy atom. The Balaban J connectivity index is 1.64. The van der Waals surface area contributed by atoms with Crippen LogP contribution in [0.5, 0.6) is 0 Å². The molecule has 1 aromatic rings. The Morgan fingerprint density at radius 1 is 1.12 bits per heavy atom. The largest absolute Gasteiger partial charge is 0.325 e. The minimum atomic E-state index is 0.0226. The topological polar surface area (TPSA) is 43.9 Å². The summed E-state index contributed by atoms with van der Waals surface area (Å²) in [6.07, 6.45) is 2.45. The highest BCUT2D eigenvalue weighted by atomic mass is 16.2. The van der Waals surface area contributed by atoms with Gasteiger partial charge in [0.15, 0.2) is 0 Å². The third-order valence-electron chi connectivity index (χ3n) is 5.59. The molecule has 1 saturated heterocycles. The van der Waals surface area contributed by atoms with E-state index in [4.69, 9.17) is 0 Å². The van der Waals surface area contributed by atoms with E-state index in [1.807, 2.05) is 40.7 Å². The van der Waals surface area contributed by atoms with Crippen molar-refractivity contribution < 1.29 is 9.59 Å². The molecule has 1 fully saturated rings. The molecule has 5 heteroatoms. The number of nitrogens with zero attached hydrogens (tertiary/aromatic N) is 3. The SMILES string of the molecule is CCN(CC)C(=O)N1CCC(C(=O)N2c3ccccc3C[C@@H]2C)CC1. The number of para-hydroxylation sites is 1. The Hall–Kier alpha value is -2.04. The molecule has 0 saturated carbocycles. The van der Waals surface area contributed by atoms with Gasteiger partial charge in [-0.25, -0.2) is 4.79 Å². The second kappa shape index (κ2) is 7.46. The summed E-state index contributed by atoms with van der Waals surface area (Å²) in [4.78, 5) is 31.3. The molecular formula is C20H29N3O2. The van der Waals surface area contributed by atoms with Crippen LogP contribution in [-0.4, -0.2) is 54.0 Å². The summed E-state index contributed by atoms with van der Waals surface area (Å²) in [5.41, 5.74) is 2.33. The number of urea groups is 1. The maximum absolute atomic E-state index is 13.1. The van der Waals surface area contributed by atoms with E-state index < -0.39 is 0 Å². The third-order valence-corrected chi connectivity index (χ3v) is 5.59. The average Bonchev–Trinajstić information content (AvgIpc) is 2.98. The molecule has 3 rings (SSSR count). The van der Waals surface area contributed by atoms with E-state index in [-0.39, 0.29) is 23.9 Å². The fraction of sp³-hybridized carbons (Fsp3) is 0.600. The molecule has 3 amide bonds. The molecule has 1 aromatic carbocycles. The predicted molar refractivity (Wildman–Crippen MR) is 99.7 cm³/mol. The van der Waals surface area contributed by atoms with Crippen molar-refractivity contribution in [3.63, 3.8) is 0 Å². The maximum Gasteiger partial charge on any atom is 0.319 e. The minimum Gasteiger partial charge on any atom is -0.325 e. The van der Waals surface area contributed by atoms with Gasteiger partial charge in [0, 0.05) is 43.8 Å². The van der Waals surface area contributed by atoms with Gasteiger partial charge < -0.3 is 14.7 Å². The average molecular weight is 343 g/mol. The van der Waals surface area contributed by atoms with E-state index in [0.717, 1.165) is 38.0 Å². The first-order valence-electron chi connectivity index (χ1n) is 9.51. The molecule has 0 radical (unpaired) electrons. The van der Waals surface area contributed by atoms with Crippen LogP contribution in [0.15, 0.2) is 24.3 Å². The van der Waals surface area contributed by atoms with Crippen molar-refractivity contribution in [2.24, 2.45) is 5.92 Å². The first-order chi connectivity index (χ1) is 12.1. The molecule has 0 bridgehead atoms. The first kappa shape index (κ1) is 17.8. The lowest BCUT2D eigenvalue weighted by Crippen LogP contribution is -2.49. The monoisotopic (exact) mass is 343 g/mol. The van der Waals surface area contributed by atoms with Crippen molar-refractivity contribution in [3.8, 4) is 0 Å². The van der Waals surface area contributed by atoms with Crippen LogP contribution in [0, 0.1) is 5.92 Å². The van der Waals surface area contributed by atoms with Gasteiger partial charge in [0.05, 0.1) is 0 Å². The van der Waals surface area contributed by atoms with E-state index in [1.165, 1.54) is 5.56 Å². The van der Waals surface area contributed by atoms with Crippen LogP contribution in [0.1, 0.15) is 39.2 Å². The van der Waals surface area contributed by atoms with Crippen LogP contribution in [0.4, 0.5) is 10.5 Å². The molecule has 1 atom stereocenters. The van der Waals surface area contributed by atoms with E-state index in [9.17, 15) is 9.59 Å². The molecule has 0 spiro atoms. The summed E-state index contributed by atoms with van der Waals surface area (Å²) in [7, 11) is 0. The van der Waals surface area contributed by atoms with Gasteiger partial charge >= 0.3 is 6.03 Å². The molecule has 2 aliphatic rings. The maximum atomic E-state index is 13.1. The molecule has 25 heavy (non-hydrogen) atoms. The molecule has 2 aliphatic heterocycles. The summed E-state index contributed by atoms with van der Waals surface area (Å²) in [5, 5.41) is 0. The second-order valence-electron chi connectivity index (χ2n) is 7.11. The van der Waals surface area contributed by atoms with E-state index >= 15 is 0 Å². The molecule has 0 unspecified atom stereocenters. The van der Waals surface area contributed by atoms with Gasteiger partial charge in [-0.1, -0.05) is 18.2 Å². The number of hydrogen-bond donors (Lipinski definition) is 0. The smallest absolute Gasteiger partial charge is 0.319 e. The van der Waals surface area contributed by atoms with Crippen LogP contribution in [0.2, 0.25) is 0 Å². The van der Waals surface area contributed by atoms with E-state index in [0.29, 0.717) is 13.1 Å². The third kappa shape index (κ3) is 3.37. The molecule has 5 nitrogen and oxygen atoms in total. The fourth-order valence-corrected chi connectivity index (χ4v) is 4.11. The van der Waals surface area contributed by atoms with Crippen molar-refractivity contribution in [2.75, 3.05) is 31.1 Å². The van der Waals surface area contributed by atoms with Crippen LogP contribution in [-0.2, 0) is 11.2 Å². The summed E-state index contributed by atoms with van der Waals surface area (Å²) in [5.74, 6) is 0.252. The van der Waals surface area contributed by atoms with Gasteiger partial charge in [-0.3, -0.25) is 4.79 Å². The number of amides is 3. The standard InChI is InChI=1S/C20H29N3O2/c1-4-21(5-2)20(25)22-12-10-16(11-13-22)19(24)23-15(3)14-17-8-6-7-9-18(17)23/h6-9,15-16H,4-5,10-14H2,1-3H3/t15-/m0/s1. The predicted octanol–water partition coefficient (Wildman–Crippen LogP) is 3.14. The van der Waals surface area contributed by atoms with Crippen molar-refractivity contribution in [2.45, 2.75) is 46.1 Å². The number of fused-ring (bicyclic) bond motifs is 1. The van der Waals surface area contributed by atoms with Crippen LogP contribution in [0.3, 0.4) is 0 Å². The highest BCUT2D eigenvalue weighted by molar-refractivity contribution is 5.97. The molecule has 0 aliphatic carbocycles. The van der Waals surface area contributed by atoms with Crippen LogP contribution >= 0.6 is 0 Å². The number of carbonyl (C=O) groups excluding carboxylic acids is 2. The fourth-order valence-electron chi connectivity index (χ4n) is 4.11. The first-order valence-corrected chi connectivity index (χ1v) is 9.51. The molecule has 0 N–H and O–H groups in total. The van der Waals surface area contributed by atoms with Gasteiger partial charge in [-0.2, -0.15) is 0 Å². The zero-order chi connectivity index (χ0) is 18.0. The minimum absolute atomic E-state index is 0.0226. The number of rotatable bonds is 3. The van der Waals surface area contributed by atoms with E-state index in [1.54, 1.807) is 0 Å². The molecule has 136 valence electrons. The lowest BCUT2D eigenvalue weighted by molar-refractivity contribution is -0.124. The van der Waals surface area contributed by atoms with Gasteiger partial charge in [0.2, 0.25) is 5.91 Å². The number of anilines is 1. The van der Waals surface area contributed by atoms with Crippen LogP contribution in [0.25, 0.3) is 0 Å². The molecular weight excluding hydrogens is 314 g/mol. The summed E-state index contributed by atoms with van der Waals surface area (Å²) in [6, 6.07) is 8.54.